The zero-order valence-corrected chi connectivity index (χ0v) is 14.8. The predicted octanol–water partition coefficient (Wildman–Crippen LogP) is -4.76. The third kappa shape index (κ3) is 3.99. The van der Waals surface area contributed by atoms with E-state index in [-0.39, 0.29) is 12.2 Å². The van der Waals surface area contributed by atoms with Gasteiger partial charge in [0.2, 0.25) is 0 Å². The lowest BCUT2D eigenvalue weighted by Crippen LogP contribution is -2.84. The van der Waals surface area contributed by atoms with E-state index in [1.165, 1.54) is 0 Å². The summed E-state index contributed by atoms with van der Waals surface area (Å²) in [5, 5.41) is 89.7. The monoisotopic (exact) mass is 424 g/mol. The fraction of sp³-hybridized carbons (Fsp3) is 0.615. The van der Waals surface area contributed by atoms with Crippen molar-refractivity contribution >= 4 is 11.5 Å². The Balaban J connectivity index is 2.64. The predicted molar refractivity (Wildman–Crippen MR) is 86.4 cm³/mol. The second kappa shape index (κ2) is 7.31. The summed E-state index contributed by atoms with van der Waals surface area (Å²) >= 11 is 0. The molecule has 2 rings (SSSR count). The molecule has 0 saturated carbocycles. The molecule has 1 aliphatic rings. The topological polar surface area (TPSA) is 266 Å². The number of nitro groups is 1. The van der Waals surface area contributed by atoms with Crippen LogP contribution in [0, 0.1) is 10.1 Å². The molecule has 0 bridgehead atoms. The van der Waals surface area contributed by atoms with E-state index in [2.05, 4.69) is 9.72 Å². The molecule has 1 aliphatic heterocycles. The van der Waals surface area contributed by atoms with Crippen LogP contribution in [0.4, 0.5) is 11.5 Å². The molecule has 164 valence electrons. The van der Waals surface area contributed by atoms with Crippen molar-refractivity contribution in [3.8, 4) is 0 Å². The minimum absolute atomic E-state index is 0.0765. The Morgan fingerprint density at radius 2 is 1.69 bits per heavy atom. The molecule has 0 aromatic carbocycles. The van der Waals surface area contributed by atoms with Gasteiger partial charge < -0.3 is 51.3 Å². The molecule has 0 radical (unpaired) electrons. The summed E-state index contributed by atoms with van der Waals surface area (Å²) in [6.07, 6.45) is -0.516. The van der Waals surface area contributed by atoms with Crippen molar-refractivity contribution in [3.05, 3.63) is 27.9 Å². The van der Waals surface area contributed by atoms with E-state index >= 15 is 0 Å². The Hall–Kier alpha value is -2.09. The Morgan fingerprint density at radius 1 is 1.17 bits per heavy atom. The van der Waals surface area contributed by atoms with Crippen LogP contribution >= 0.6 is 0 Å². The van der Waals surface area contributed by atoms with Crippen LogP contribution in [0.25, 0.3) is 0 Å². The molecular formula is C13H20N4O12. The normalized spacial score (nSPS) is 22.9. The van der Waals surface area contributed by atoms with Crippen LogP contribution in [-0.2, 0) is 16.1 Å². The number of aliphatic hydroxyl groups is 8. The van der Waals surface area contributed by atoms with Gasteiger partial charge in [-0.05, 0) is 6.92 Å². The van der Waals surface area contributed by atoms with Gasteiger partial charge in [-0.15, -0.1) is 0 Å². The van der Waals surface area contributed by atoms with E-state index in [0.29, 0.717) is 6.07 Å². The smallest absolute Gasteiger partial charge is 0.362 e. The largest absolute Gasteiger partial charge is 0.371 e. The number of nitrogens with two attached hydrogens (primary N) is 1. The summed E-state index contributed by atoms with van der Waals surface area (Å²) in [6.45, 7) is 1.22. The Bertz CT molecular complexity index is 757. The van der Waals surface area contributed by atoms with Gasteiger partial charge >= 0.3 is 23.8 Å². The van der Waals surface area contributed by atoms with Crippen LogP contribution in [-0.4, -0.2) is 87.2 Å². The van der Waals surface area contributed by atoms with Gasteiger partial charge in [0.15, 0.2) is 0 Å². The number of anilines is 1. The summed E-state index contributed by atoms with van der Waals surface area (Å²) in [5.74, 6) is -18.0. The molecule has 16 heteroatoms. The second-order valence-electron chi connectivity index (χ2n) is 6.21. The maximum Gasteiger partial charge on any atom is 0.362 e. The fourth-order valence-corrected chi connectivity index (χ4v) is 2.31. The average molecular weight is 424 g/mol. The van der Waals surface area contributed by atoms with Crippen molar-refractivity contribution in [2.75, 3.05) is 11.4 Å². The first-order valence-electron chi connectivity index (χ1n) is 7.83. The van der Waals surface area contributed by atoms with Crippen LogP contribution in [0.2, 0.25) is 0 Å². The van der Waals surface area contributed by atoms with Crippen LogP contribution in [0.3, 0.4) is 0 Å². The van der Waals surface area contributed by atoms with E-state index in [1.807, 2.05) is 0 Å². The van der Waals surface area contributed by atoms with Gasteiger partial charge in [0.25, 0.3) is 5.69 Å². The van der Waals surface area contributed by atoms with E-state index < -0.39 is 57.8 Å². The Kier molecular flexibility index (Phi) is 5.84. The summed E-state index contributed by atoms with van der Waals surface area (Å²) in [6, 6.07) is 1.34. The molecule has 1 aromatic rings. The second-order valence-corrected chi connectivity index (χ2v) is 6.21. The van der Waals surface area contributed by atoms with Crippen molar-refractivity contribution in [2.24, 2.45) is 5.73 Å². The quantitative estimate of drug-likeness (QED) is 0.118. The van der Waals surface area contributed by atoms with E-state index in [9.17, 15) is 51.0 Å². The molecule has 2 heterocycles. The van der Waals surface area contributed by atoms with Gasteiger partial charge in [-0.1, -0.05) is 0 Å². The highest BCUT2D eigenvalue weighted by Crippen LogP contribution is 2.44. The van der Waals surface area contributed by atoms with Gasteiger partial charge in [0.05, 0.1) is 29.4 Å². The lowest BCUT2D eigenvalue weighted by Gasteiger charge is -2.55. The molecule has 1 saturated heterocycles. The van der Waals surface area contributed by atoms with Crippen LogP contribution < -0.4 is 10.6 Å². The first kappa shape index (κ1) is 23.2. The molecule has 1 atom stereocenters. The molecule has 0 aliphatic carbocycles. The zero-order chi connectivity index (χ0) is 22.4. The zero-order valence-electron chi connectivity index (χ0n) is 14.8. The van der Waals surface area contributed by atoms with E-state index in [4.69, 9.17) is 10.5 Å². The van der Waals surface area contributed by atoms with E-state index in [0.717, 1.165) is 6.07 Å². The molecule has 1 aromatic heterocycles. The summed E-state index contributed by atoms with van der Waals surface area (Å²) < 4.78 is 8.96. The standard InChI is InChI=1S/C13H20N4O12/c1-6(4-14)28-5-7-2-8(17(26)27)3-9(15-7)16-10(18,19)12(22,23)29-13(24,25)11(16,20)21/h2-3,6,18-25H,4-5,14H2,1H3. The lowest BCUT2D eigenvalue weighted by molar-refractivity contribution is -0.606. The average Bonchev–Trinajstić information content (AvgIpc) is 2.56. The number of rotatable bonds is 6. The summed E-state index contributed by atoms with van der Waals surface area (Å²) in [5.41, 5.74) is 4.32. The minimum atomic E-state index is -4.23. The molecule has 1 fully saturated rings. The van der Waals surface area contributed by atoms with Crippen LogP contribution in [0.1, 0.15) is 12.6 Å². The maximum absolute atomic E-state index is 11.2. The molecule has 16 nitrogen and oxygen atoms in total. The number of ether oxygens (including phenoxy) is 2. The van der Waals surface area contributed by atoms with Crippen molar-refractivity contribution < 1.29 is 55.2 Å². The van der Waals surface area contributed by atoms with Gasteiger partial charge in [0.1, 0.15) is 5.82 Å². The minimum Gasteiger partial charge on any atom is -0.371 e. The summed E-state index contributed by atoms with van der Waals surface area (Å²) in [4.78, 5) is 13.3. The summed E-state index contributed by atoms with van der Waals surface area (Å²) in [7, 11) is 0. The number of nitrogens with zero attached hydrogens (tertiary/aromatic N) is 3. The van der Waals surface area contributed by atoms with E-state index in [1.54, 1.807) is 6.92 Å². The number of morpholine rings is 1. The highest BCUT2D eigenvalue weighted by atomic mass is 16.9. The maximum atomic E-state index is 11.2. The molecule has 29 heavy (non-hydrogen) atoms. The van der Waals surface area contributed by atoms with Crippen LogP contribution in [0.15, 0.2) is 12.1 Å². The molecule has 10 N–H and O–H groups in total. The highest BCUT2D eigenvalue weighted by molar-refractivity contribution is 5.51. The first-order chi connectivity index (χ1) is 13.1. The fourth-order valence-electron chi connectivity index (χ4n) is 2.31. The Morgan fingerprint density at radius 3 is 2.14 bits per heavy atom. The number of hydrogen-bond donors (Lipinski definition) is 9. The third-order valence-electron chi connectivity index (χ3n) is 3.92. The third-order valence-corrected chi connectivity index (χ3v) is 3.92. The molecule has 0 amide bonds. The van der Waals surface area contributed by atoms with Gasteiger partial charge in [0, 0.05) is 12.6 Å². The lowest BCUT2D eigenvalue weighted by atomic mass is 10.1. The van der Waals surface area contributed by atoms with Crippen molar-refractivity contribution in [3.63, 3.8) is 0 Å². The first-order valence-corrected chi connectivity index (χ1v) is 7.83. The number of aromatic nitrogens is 1. The van der Waals surface area contributed by atoms with Crippen molar-refractivity contribution in [2.45, 2.75) is 43.4 Å². The van der Waals surface area contributed by atoms with Gasteiger partial charge in [-0.25, -0.2) is 9.88 Å². The molecule has 1 unspecified atom stereocenters. The number of hydrogen-bond acceptors (Lipinski definition) is 15. The van der Waals surface area contributed by atoms with Gasteiger partial charge in [-0.3, -0.25) is 14.9 Å². The number of pyridine rings is 1. The molecular weight excluding hydrogens is 404 g/mol. The van der Waals surface area contributed by atoms with Gasteiger partial charge in [-0.2, -0.15) is 0 Å². The van der Waals surface area contributed by atoms with Crippen LogP contribution in [0.5, 0.6) is 0 Å². The SMILES string of the molecule is CC(CN)OCc1cc([N+](=O)[O-])cc(N2C(O)(O)C(O)(O)OC(O)(O)C2(O)O)n1. The Labute approximate surface area is 161 Å². The molecule has 0 spiro atoms. The van der Waals surface area contributed by atoms with Crippen molar-refractivity contribution in [1.29, 1.82) is 0 Å². The highest BCUT2D eigenvalue weighted by Gasteiger charge is 2.75. The van der Waals surface area contributed by atoms with Crippen molar-refractivity contribution in [1.82, 2.24) is 4.98 Å².